The van der Waals surface area contributed by atoms with Gasteiger partial charge in [-0.2, -0.15) is 0 Å². The molecule has 4 heteroatoms. The summed E-state index contributed by atoms with van der Waals surface area (Å²) >= 11 is 4.12. The van der Waals surface area contributed by atoms with E-state index in [9.17, 15) is 0 Å². The number of benzene rings is 1. The third-order valence-corrected chi connectivity index (χ3v) is 5.41. The van der Waals surface area contributed by atoms with E-state index in [1.54, 1.807) is 0 Å². The first-order valence-corrected chi connectivity index (χ1v) is 6.87. The summed E-state index contributed by atoms with van der Waals surface area (Å²) in [5.41, 5.74) is 2.74. The van der Waals surface area contributed by atoms with Gasteiger partial charge in [-0.05, 0) is 17.7 Å². The molecule has 0 spiro atoms. The quantitative estimate of drug-likeness (QED) is 0.744. The van der Waals surface area contributed by atoms with Crippen molar-refractivity contribution in [3.8, 4) is 0 Å². The SMILES string of the molecule is CN(C)c1ccc(C2SCCS2)cc1.I. The van der Waals surface area contributed by atoms with E-state index in [2.05, 4.69) is 66.8 Å². The fourth-order valence-electron chi connectivity index (χ4n) is 1.48. The first-order valence-electron chi connectivity index (χ1n) is 4.78. The van der Waals surface area contributed by atoms with E-state index < -0.39 is 0 Å². The van der Waals surface area contributed by atoms with Gasteiger partial charge in [0.1, 0.15) is 0 Å². The number of halogens is 1. The van der Waals surface area contributed by atoms with E-state index in [0.717, 1.165) is 0 Å². The Morgan fingerprint density at radius 3 is 2.07 bits per heavy atom. The molecule has 0 atom stereocenters. The summed E-state index contributed by atoms with van der Waals surface area (Å²) < 4.78 is 0.672. The molecule has 1 aromatic carbocycles. The molecule has 2 rings (SSSR count). The first-order chi connectivity index (χ1) is 6.77. The maximum Gasteiger partial charge on any atom is 0.0751 e. The third-order valence-electron chi connectivity index (χ3n) is 2.30. The van der Waals surface area contributed by atoms with Crippen molar-refractivity contribution in [1.29, 1.82) is 0 Å². The zero-order chi connectivity index (χ0) is 9.97. The van der Waals surface area contributed by atoms with Crippen LogP contribution in [-0.2, 0) is 0 Å². The van der Waals surface area contributed by atoms with E-state index in [0.29, 0.717) is 4.58 Å². The van der Waals surface area contributed by atoms with Crippen molar-refractivity contribution < 1.29 is 0 Å². The molecule has 1 aromatic rings. The van der Waals surface area contributed by atoms with E-state index in [-0.39, 0.29) is 24.0 Å². The number of thioether (sulfide) groups is 2. The Hall–Kier alpha value is 0.450. The van der Waals surface area contributed by atoms with Crippen LogP contribution in [0.4, 0.5) is 5.69 Å². The van der Waals surface area contributed by atoms with Gasteiger partial charge in [0.05, 0.1) is 4.58 Å². The van der Waals surface area contributed by atoms with Gasteiger partial charge in [0.15, 0.2) is 0 Å². The molecule has 0 saturated carbocycles. The van der Waals surface area contributed by atoms with Gasteiger partial charge >= 0.3 is 0 Å². The molecule has 1 nitrogen and oxygen atoms in total. The molecule has 0 N–H and O–H groups in total. The van der Waals surface area contributed by atoms with Crippen LogP contribution in [-0.4, -0.2) is 25.6 Å². The van der Waals surface area contributed by atoms with Crippen molar-refractivity contribution >= 4 is 53.2 Å². The lowest BCUT2D eigenvalue weighted by Gasteiger charge is -2.14. The zero-order valence-corrected chi connectivity index (χ0v) is 12.9. The highest BCUT2D eigenvalue weighted by molar-refractivity contribution is 14.0. The lowest BCUT2D eigenvalue weighted by molar-refractivity contribution is 1.13. The van der Waals surface area contributed by atoms with E-state index in [1.807, 2.05) is 0 Å². The highest BCUT2D eigenvalue weighted by atomic mass is 127. The molecule has 1 heterocycles. The molecule has 0 amide bonds. The lowest BCUT2D eigenvalue weighted by atomic mass is 10.2. The molecular weight excluding hydrogens is 337 g/mol. The second-order valence-corrected chi connectivity index (χ2v) is 6.28. The molecule has 0 radical (unpaired) electrons. The molecule has 0 aliphatic carbocycles. The van der Waals surface area contributed by atoms with Gasteiger partial charge < -0.3 is 4.90 Å². The molecule has 0 aromatic heterocycles. The highest BCUT2D eigenvalue weighted by Gasteiger charge is 2.17. The smallest absolute Gasteiger partial charge is 0.0751 e. The number of rotatable bonds is 2. The topological polar surface area (TPSA) is 3.24 Å². The number of hydrogen-bond donors (Lipinski definition) is 0. The fourth-order valence-corrected chi connectivity index (χ4v) is 4.34. The summed E-state index contributed by atoms with van der Waals surface area (Å²) in [6.07, 6.45) is 0. The minimum absolute atomic E-state index is 0. The molecule has 1 aliphatic rings. The Kier molecular flexibility index (Phi) is 5.63. The van der Waals surface area contributed by atoms with Crippen LogP contribution < -0.4 is 4.90 Å². The minimum atomic E-state index is 0. The number of hydrogen-bond acceptors (Lipinski definition) is 3. The van der Waals surface area contributed by atoms with Crippen molar-refractivity contribution in [2.24, 2.45) is 0 Å². The van der Waals surface area contributed by atoms with Gasteiger partial charge in [-0.1, -0.05) is 12.1 Å². The average Bonchev–Trinajstić information content (AvgIpc) is 2.71. The molecule has 1 aliphatic heterocycles. The second-order valence-electron chi connectivity index (χ2n) is 3.56. The van der Waals surface area contributed by atoms with E-state index in [4.69, 9.17) is 0 Å². The monoisotopic (exact) mass is 353 g/mol. The summed E-state index contributed by atoms with van der Waals surface area (Å²) in [7, 11) is 4.15. The second kappa shape index (κ2) is 6.25. The predicted octanol–water partition coefficient (Wildman–Crippen LogP) is 3.85. The van der Waals surface area contributed by atoms with Gasteiger partial charge in [0, 0.05) is 31.3 Å². The zero-order valence-electron chi connectivity index (χ0n) is 8.97. The maximum atomic E-state index is 2.26. The highest BCUT2D eigenvalue weighted by Crippen LogP contribution is 2.45. The van der Waals surface area contributed by atoms with Crippen molar-refractivity contribution in [1.82, 2.24) is 0 Å². The Morgan fingerprint density at radius 1 is 1.07 bits per heavy atom. The number of nitrogens with zero attached hydrogens (tertiary/aromatic N) is 1. The summed E-state index contributed by atoms with van der Waals surface area (Å²) in [6.45, 7) is 0. The Morgan fingerprint density at radius 2 is 1.60 bits per heavy atom. The summed E-state index contributed by atoms with van der Waals surface area (Å²) in [6, 6.07) is 8.92. The molecule has 1 fully saturated rings. The van der Waals surface area contributed by atoms with Crippen LogP contribution in [0.2, 0.25) is 0 Å². The third kappa shape index (κ3) is 3.46. The van der Waals surface area contributed by atoms with Crippen LogP contribution in [0.15, 0.2) is 24.3 Å². The largest absolute Gasteiger partial charge is 0.378 e. The molecule has 0 bridgehead atoms. The van der Waals surface area contributed by atoms with Crippen LogP contribution in [0, 0.1) is 0 Å². The summed E-state index contributed by atoms with van der Waals surface area (Å²) in [5, 5.41) is 0. The Balaban J connectivity index is 0.00000112. The van der Waals surface area contributed by atoms with Crippen LogP contribution in [0.1, 0.15) is 10.1 Å². The fraction of sp³-hybridized carbons (Fsp3) is 0.455. The van der Waals surface area contributed by atoms with Gasteiger partial charge in [-0.15, -0.1) is 47.5 Å². The van der Waals surface area contributed by atoms with Crippen LogP contribution in [0.3, 0.4) is 0 Å². The normalized spacial score (nSPS) is 16.1. The van der Waals surface area contributed by atoms with Crippen molar-refractivity contribution in [2.45, 2.75) is 4.58 Å². The van der Waals surface area contributed by atoms with Gasteiger partial charge in [-0.3, -0.25) is 0 Å². The maximum absolute atomic E-state index is 2.26. The first kappa shape index (κ1) is 13.5. The Labute approximate surface area is 117 Å². The van der Waals surface area contributed by atoms with Gasteiger partial charge in [0.2, 0.25) is 0 Å². The Bertz CT molecular complexity index is 294. The van der Waals surface area contributed by atoms with Crippen LogP contribution in [0.25, 0.3) is 0 Å². The lowest BCUT2D eigenvalue weighted by Crippen LogP contribution is -2.08. The van der Waals surface area contributed by atoms with Crippen molar-refractivity contribution in [3.63, 3.8) is 0 Å². The molecule has 15 heavy (non-hydrogen) atoms. The van der Waals surface area contributed by atoms with E-state index in [1.165, 1.54) is 22.8 Å². The molecule has 84 valence electrons. The summed E-state index contributed by atoms with van der Waals surface area (Å²) in [4.78, 5) is 2.14. The summed E-state index contributed by atoms with van der Waals surface area (Å²) in [5.74, 6) is 2.59. The average molecular weight is 353 g/mol. The standard InChI is InChI=1S/C11H15NS2.HI/c1-12(2)10-5-3-9(4-6-10)11-13-7-8-14-11;/h3-6,11H,7-8H2,1-2H3;1H. The molecule has 1 saturated heterocycles. The number of anilines is 1. The van der Waals surface area contributed by atoms with Crippen molar-refractivity contribution in [2.75, 3.05) is 30.5 Å². The van der Waals surface area contributed by atoms with Crippen LogP contribution in [0.5, 0.6) is 0 Å². The predicted molar refractivity (Wildman–Crippen MR) is 83.8 cm³/mol. The van der Waals surface area contributed by atoms with E-state index >= 15 is 0 Å². The van der Waals surface area contributed by atoms with Gasteiger partial charge in [0.25, 0.3) is 0 Å². The van der Waals surface area contributed by atoms with Crippen LogP contribution >= 0.6 is 47.5 Å². The molecule has 0 unspecified atom stereocenters. The minimum Gasteiger partial charge on any atom is -0.378 e. The van der Waals surface area contributed by atoms with Gasteiger partial charge in [-0.25, -0.2) is 0 Å². The molecular formula is C11H16INS2. The van der Waals surface area contributed by atoms with Crippen molar-refractivity contribution in [3.05, 3.63) is 29.8 Å².